The van der Waals surface area contributed by atoms with Crippen LogP contribution in [0.1, 0.15) is 31.7 Å². The topological polar surface area (TPSA) is 68.8 Å². The van der Waals surface area contributed by atoms with Crippen LogP contribution in [0.4, 0.5) is 0 Å². The Kier molecular flexibility index (Phi) is 4.37. The molecule has 7 heteroatoms. The number of hydrogen-bond acceptors (Lipinski definition) is 4. The minimum Gasteiger partial charge on any atom is -0.497 e. The molecular formula is C20H24N4O3. The van der Waals surface area contributed by atoms with Crippen LogP contribution in [0.5, 0.6) is 5.75 Å². The zero-order valence-electron chi connectivity index (χ0n) is 15.9. The molecule has 142 valence electrons. The lowest BCUT2D eigenvalue weighted by Gasteiger charge is -2.33. The second-order valence-electron chi connectivity index (χ2n) is 7.28. The molecule has 1 amide bonds. The van der Waals surface area contributed by atoms with E-state index in [0.717, 1.165) is 48.0 Å². The third kappa shape index (κ3) is 2.97. The zero-order chi connectivity index (χ0) is 19.1. The summed E-state index contributed by atoms with van der Waals surface area (Å²) in [7, 11) is 1.62. The second-order valence-corrected chi connectivity index (χ2v) is 7.28. The number of fused-ring (bicyclic) bond motifs is 3. The summed E-state index contributed by atoms with van der Waals surface area (Å²) in [5.41, 5.74) is 1.93. The smallest absolute Gasteiger partial charge is 0.351 e. The van der Waals surface area contributed by atoms with Gasteiger partial charge in [-0.15, -0.1) is 5.10 Å². The molecule has 1 aliphatic heterocycles. The number of nitrogens with zero attached hydrogens (tertiary/aromatic N) is 4. The summed E-state index contributed by atoms with van der Waals surface area (Å²) in [6.45, 7) is 4.71. The van der Waals surface area contributed by atoms with Gasteiger partial charge in [-0.05, 0) is 62.9 Å². The summed E-state index contributed by atoms with van der Waals surface area (Å²) in [6.07, 6.45) is 3.17. The third-order valence-electron chi connectivity index (χ3n) is 5.45. The van der Waals surface area contributed by atoms with Crippen LogP contribution in [0.25, 0.3) is 16.6 Å². The number of aromatic nitrogens is 3. The molecule has 0 N–H and O–H groups in total. The molecule has 0 saturated carbocycles. The van der Waals surface area contributed by atoms with Gasteiger partial charge in [-0.2, -0.15) is 0 Å². The molecule has 0 spiro atoms. The SMILES string of the molecule is COc1ccc2c(c1)cc(C)c1nn(CC(=O)N3CCCCC3C)c(=O)n12. The summed E-state index contributed by atoms with van der Waals surface area (Å²) in [5.74, 6) is 0.687. The van der Waals surface area contributed by atoms with Crippen LogP contribution in [-0.2, 0) is 11.3 Å². The van der Waals surface area contributed by atoms with E-state index >= 15 is 0 Å². The third-order valence-corrected chi connectivity index (χ3v) is 5.45. The Morgan fingerprint density at radius 3 is 2.85 bits per heavy atom. The predicted molar refractivity (Wildman–Crippen MR) is 103 cm³/mol. The van der Waals surface area contributed by atoms with Crippen LogP contribution in [-0.4, -0.2) is 44.7 Å². The molecule has 4 rings (SSSR count). The molecule has 0 radical (unpaired) electrons. The fourth-order valence-electron chi connectivity index (χ4n) is 3.95. The number of aryl methyl sites for hydroxylation is 1. The van der Waals surface area contributed by atoms with E-state index in [0.29, 0.717) is 5.65 Å². The Morgan fingerprint density at radius 2 is 2.11 bits per heavy atom. The van der Waals surface area contributed by atoms with E-state index < -0.39 is 0 Å². The first-order chi connectivity index (χ1) is 13.0. The lowest BCUT2D eigenvalue weighted by molar-refractivity contribution is -0.135. The fraction of sp³-hybridized carbons (Fsp3) is 0.450. The maximum Gasteiger partial charge on any atom is 0.351 e. The Balaban J connectivity index is 1.77. The molecule has 3 aromatic rings. The first kappa shape index (κ1) is 17.6. The van der Waals surface area contributed by atoms with Crippen molar-refractivity contribution in [2.24, 2.45) is 0 Å². The summed E-state index contributed by atoms with van der Waals surface area (Å²) in [6, 6.07) is 7.77. The van der Waals surface area contributed by atoms with Gasteiger partial charge in [0.05, 0.1) is 12.6 Å². The van der Waals surface area contributed by atoms with Crippen LogP contribution in [0.3, 0.4) is 0 Å². The van der Waals surface area contributed by atoms with Gasteiger partial charge < -0.3 is 9.64 Å². The summed E-state index contributed by atoms with van der Waals surface area (Å²) < 4.78 is 8.15. The number of carbonyl (C=O) groups excluding carboxylic acids is 1. The fourth-order valence-corrected chi connectivity index (χ4v) is 3.95. The predicted octanol–water partition coefficient (Wildman–Crippen LogP) is 2.37. The Bertz CT molecular complexity index is 1080. The van der Waals surface area contributed by atoms with Gasteiger partial charge in [-0.25, -0.2) is 13.9 Å². The van der Waals surface area contributed by atoms with Crippen LogP contribution < -0.4 is 10.4 Å². The maximum atomic E-state index is 13.0. The van der Waals surface area contributed by atoms with Gasteiger partial charge in [-0.3, -0.25) is 4.79 Å². The molecule has 1 aliphatic rings. The highest BCUT2D eigenvalue weighted by atomic mass is 16.5. The van der Waals surface area contributed by atoms with Gasteiger partial charge in [-0.1, -0.05) is 0 Å². The number of ether oxygens (including phenoxy) is 1. The highest BCUT2D eigenvalue weighted by Crippen LogP contribution is 2.23. The first-order valence-electron chi connectivity index (χ1n) is 9.36. The first-order valence-corrected chi connectivity index (χ1v) is 9.36. The van der Waals surface area contributed by atoms with Gasteiger partial charge in [0.15, 0.2) is 5.65 Å². The van der Waals surface area contributed by atoms with Crippen molar-refractivity contribution >= 4 is 22.5 Å². The average molecular weight is 368 g/mol. The van der Waals surface area contributed by atoms with E-state index in [1.54, 1.807) is 11.5 Å². The number of methoxy groups -OCH3 is 1. The summed E-state index contributed by atoms with van der Waals surface area (Å²) in [5, 5.41) is 5.35. The highest BCUT2D eigenvalue weighted by Gasteiger charge is 2.24. The molecule has 0 bridgehead atoms. The second kappa shape index (κ2) is 6.72. The molecule has 7 nitrogen and oxygen atoms in total. The molecule has 1 aromatic carbocycles. The molecular weight excluding hydrogens is 344 g/mol. The van der Waals surface area contributed by atoms with E-state index in [2.05, 4.69) is 12.0 Å². The number of pyridine rings is 1. The lowest BCUT2D eigenvalue weighted by Crippen LogP contribution is -2.44. The number of piperidine rings is 1. The Morgan fingerprint density at radius 1 is 1.30 bits per heavy atom. The number of hydrogen-bond donors (Lipinski definition) is 0. The van der Waals surface area contributed by atoms with Crippen molar-refractivity contribution in [3.63, 3.8) is 0 Å². The molecule has 3 heterocycles. The van der Waals surface area contributed by atoms with Crippen molar-refractivity contribution < 1.29 is 9.53 Å². The van der Waals surface area contributed by atoms with Crippen molar-refractivity contribution in [2.75, 3.05) is 13.7 Å². The Labute approximate surface area is 157 Å². The van der Waals surface area contributed by atoms with Crippen molar-refractivity contribution in [3.8, 4) is 5.75 Å². The average Bonchev–Trinajstić information content (AvgIpc) is 2.99. The lowest BCUT2D eigenvalue weighted by atomic mass is 10.0. The van der Waals surface area contributed by atoms with Gasteiger partial charge in [0.25, 0.3) is 0 Å². The van der Waals surface area contributed by atoms with E-state index in [9.17, 15) is 9.59 Å². The zero-order valence-corrected chi connectivity index (χ0v) is 15.9. The van der Waals surface area contributed by atoms with Gasteiger partial charge in [0.2, 0.25) is 5.91 Å². The number of likely N-dealkylation sites (tertiary alicyclic amines) is 1. The molecule has 1 fully saturated rings. The summed E-state index contributed by atoms with van der Waals surface area (Å²) >= 11 is 0. The highest BCUT2D eigenvalue weighted by molar-refractivity contribution is 5.84. The molecule has 1 unspecified atom stereocenters. The number of amides is 1. The van der Waals surface area contributed by atoms with Crippen LogP contribution >= 0.6 is 0 Å². The van der Waals surface area contributed by atoms with Crippen molar-refractivity contribution in [2.45, 2.75) is 45.7 Å². The molecule has 1 saturated heterocycles. The minimum absolute atomic E-state index is 0.0259. The standard InChI is InChI=1S/C20H24N4O3/c1-13-10-15-11-16(27-3)7-8-17(15)24-19(13)21-23(20(24)26)12-18(25)22-9-5-4-6-14(22)2/h7-8,10-11,14H,4-6,9,12H2,1-3H3. The van der Waals surface area contributed by atoms with E-state index in [4.69, 9.17) is 4.74 Å². The molecule has 2 aromatic heterocycles. The number of carbonyl (C=O) groups is 1. The monoisotopic (exact) mass is 368 g/mol. The van der Waals surface area contributed by atoms with E-state index in [1.165, 1.54) is 4.68 Å². The quantitative estimate of drug-likeness (QED) is 0.712. The van der Waals surface area contributed by atoms with Crippen molar-refractivity contribution in [1.82, 2.24) is 19.1 Å². The van der Waals surface area contributed by atoms with Crippen molar-refractivity contribution in [1.29, 1.82) is 0 Å². The van der Waals surface area contributed by atoms with E-state index in [1.807, 2.05) is 36.1 Å². The number of rotatable bonds is 3. The van der Waals surface area contributed by atoms with E-state index in [-0.39, 0.29) is 24.2 Å². The van der Waals surface area contributed by atoms with Crippen LogP contribution in [0.15, 0.2) is 29.1 Å². The van der Waals surface area contributed by atoms with Gasteiger partial charge in [0.1, 0.15) is 12.3 Å². The minimum atomic E-state index is -0.290. The van der Waals surface area contributed by atoms with Crippen molar-refractivity contribution in [3.05, 3.63) is 40.3 Å². The molecule has 1 atom stereocenters. The van der Waals surface area contributed by atoms with Crippen LogP contribution in [0, 0.1) is 6.92 Å². The number of benzene rings is 1. The van der Waals surface area contributed by atoms with Crippen LogP contribution in [0.2, 0.25) is 0 Å². The molecule has 27 heavy (non-hydrogen) atoms. The normalized spacial score (nSPS) is 17.6. The maximum absolute atomic E-state index is 13.0. The van der Waals surface area contributed by atoms with Gasteiger partial charge in [0, 0.05) is 18.0 Å². The largest absolute Gasteiger partial charge is 0.497 e. The van der Waals surface area contributed by atoms with Gasteiger partial charge >= 0.3 is 5.69 Å². The summed E-state index contributed by atoms with van der Waals surface area (Å²) in [4.78, 5) is 27.6. The Hall–Kier alpha value is -2.83. The molecule has 0 aliphatic carbocycles.